The van der Waals surface area contributed by atoms with E-state index >= 15 is 0 Å². The van der Waals surface area contributed by atoms with E-state index in [1.165, 1.54) is 12.8 Å². The molecule has 0 unspecified atom stereocenters. The van der Waals surface area contributed by atoms with Crippen LogP contribution in [0, 0.1) is 5.92 Å². The molecule has 1 saturated heterocycles. The number of carbonyl (C=O) groups excluding carboxylic acids is 2. The largest absolute Gasteiger partial charge is 0.339 e. The predicted octanol–water partition coefficient (Wildman–Crippen LogP) is -0.233. The van der Waals surface area contributed by atoms with Crippen molar-refractivity contribution in [1.29, 1.82) is 0 Å². The van der Waals surface area contributed by atoms with Crippen molar-refractivity contribution in [3.8, 4) is 0 Å². The summed E-state index contributed by atoms with van der Waals surface area (Å²) in [6, 6.07) is 0.369. The maximum Gasteiger partial charge on any atom is 0.239 e. The van der Waals surface area contributed by atoms with E-state index in [1.807, 2.05) is 4.90 Å². The van der Waals surface area contributed by atoms with Crippen LogP contribution in [0.2, 0.25) is 0 Å². The van der Waals surface area contributed by atoms with Gasteiger partial charge < -0.3 is 4.90 Å². The highest BCUT2D eigenvalue weighted by molar-refractivity contribution is 5.89. The van der Waals surface area contributed by atoms with E-state index in [1.54, 1.807) is 0 Å². The Morgan fingerprint density at radius 1 is 1.40 bits per heavy atom. The lowest BCUT2D eigenvalue weighted by Crippen LogP contribution is -2.39. The second-order valence-corrected chi connectivity index (χ2v) is 4.39. The predicted molar refractivity (Wildman–Crippen MR) is 54.4 cm³/mol. The molecule has 5 heteroatoms. The topological polar surface area (TPSA) is 75.4 Å². The molecule has 2 fully saturated rings. The molecule has 0 aromatic heterocycles. The summed E-state index contributed by atoms with van der Waals surface area (Å²) in [5.41, 5.74) is 2.12. The molecule has 1 heterocycles. The highest BCUT2D eigenvalue weighted by Crippen LogP contribution is 2.29. The first-order valence-corrected chi connectivity index (χ1v) is 5.52. The van der Waals surface area contributed by atoms with E-state index in [0.29, 0.717) is 19.0 Å². The van der Waals surface area contributed by atoms with Crippen molar-refractivity contribution < 1.29 is 9.59 Å². The normalized spacial score (nSPS) is 27.4. The van der Waals surface area contributed by atoms with Crippen LogP contribution in [-0.4, -0.2) is 29.3 Å². The zero-order chi connectivity index (χ0) is 10.8. The highest BCUT2D eigenvalue weighted by Gasteiger charge is 2.38. The first-order chi connectivity index (χ1) is 7.22. The first-order valence-electron chi connectivity index (χ1n) is 5.52. The van der Waals surface area contributed by atoms with E-state index in [9.17, 15) is 9.59 Å². The third kappa shape index (κ3) is 1.97. The van der Waals surface area contributed by atoms with Crippen molar-refractivity contribution in [3.63, 3.8) is 0 Å². The zero-order valence-corrected chi connectivity index (χ0v) is 8.74. The summed E-state index contributed by atoms with van der Waals surface area (Å²) in [6.07, 6.45) is 4.88. The minimum absolute atomic E-state index is 0.107. The van der Waals surface area contributed by atoms with E-state index in [2.05, 4.69) is 5.43 Å². The van der Waals surface area contributed by atoms with Crippen LogP contribution in [0.5, 0.6) is 0 Å². The number of hydrogen-bond donors (Lipinski definition) is 2. The first kappa shape index (κ1) is 10.4. The van der Waals surface area contributed by atoms with Crippen LogP contribution in [0.3, 0.4) is 0 Å². The van der Waals surface area contributed by atoms with Crippen molar-refractivity contribution in [1.82, 2.24) is 10.3 Å². The van der Waals surface area contributed by atoms with Gasteiger partial charge in [0.15, 0.2) is 0 Å². The molecule has 1 atom stereocenters. The Hall–Kier alpha value is -1.10. The van der Waals surface area contributed by atoms with Crippen LogP contribution in [-0.2, 0) is 9.59 Å². The number of carbonyl (C=O) groups is 2. The summed E-state index contributed by atoms with van der Waals surface area (Å²) in [6.45, 7) is 0.548. The lowest BCUT2D eigenvalue weighted by molar-refractivity contribution is -0.130. The molecule has 0 spiro atoms. The molecule has 2 amide bonds. The van der Waals surface area contributed by atoms with Gasteiger partial charge in [-0.25, -0.2) is 5.84 Å². The van der Waals surface area contributed by atoms with Crippen molar-refractivity contribution in [2.45, 2.75) is 38.1 Å². The number of hydrogen-bond acceptors (Lipinski definition) is 3. The second kappa shape index (κ2) is 4.18. The maximum absolute atomic E-state index is 11.7. The minimum atomic E-state index is -0.247. The Labute approximate surface area is 89.0 Å². The van der Waals surface area contributed by atoms with Crippen molar-refractivity contribution in [2.75, 3.05) is 6.54 Å². The number of rotatable bonds is 2. The van der Waals surface area contributed by atoms with Gasteiger partial charge in [-0.2, -0.15) is 0 Å². The third-order valence-corrected chi connectivity index (χ3v) is 3.44. The van der Waals surface area contributed by atoms with Crippen molar-refractivity contribution in [2.24, 2.45) is 11.8 Å². The molecule has 0 aromatic rings. The molecular formula is C10H17N3O2. The fourth-order valence-corrected chi connectivity index (χ4v) is 2.59. The average molecular weight is 211 g/mol. The van der Waals surface area contributed by atoms with Gasteiger partial charge in [0.25, 0.3) is 0 Å². The van der Waals surface area contributed by atoms with E-state index in [-0.39, 0.29) is 17.7 Å². The molecule has 1 aliphatic heterocycles. The Morgan fingerprint density at radius 2 is 2.07 bits per heavy atom. The molecule has 1 saturated carbocycles. The lowest BCUT2D eigenvalue weighted by atomic mass is 10.1. The summed E-state index contributed by atoms with van der Waals surface area (Å²) >= 11 is 0. The molecule has 0 radical (unpaired) electrons. The molecule has 5 nitrogen and oxygen atoms in total. The van der Waals surface area contributed by atoms with Crippen molar-refractivity contribution in [3.05, 3.63) is 0 Å². The minimum Gasteiger partial charge on any atom is -0.339 e. The van der Waals surface area contributed by atoms with E-state index < -0.39 is 0 Å². The molecule has 1 aliphatic carbocycles. The molecule has 3 N–H and O–H groups in total. The van der Waals surface area contributed by atoms with Crippen LogP contribution < -0.4 is 11.3 Å². The fourth-order valence-electron chi connectivity index (χ4n) is 2.59. The number of nitrogens with two attached hydrogens (primary N) is 1. The van der Waals surface area contributed by atoms with Gasteiger partial charge in [-0.3, -0.25) is 15.0 Å². The number of hydrazine groups is 1. The lowest BCUT2D eigenvalue weighted by Gasteiger charge is -2.23. The summed E-state index contributed by atoms with van der Waals surface area (Å²) in [7, 11) is 0. The fraction of sp³-hybridized carbons (Fsp3) is 0.800. The summed E-state index contributed by atoms with van der Waals surface area (Å²) in [5.74, 6) is 4.71. The summed E-state index contributed by atoms with van der Waals surface area (Å²) in [5, 5.41) is 0. The van der Waals surface area contributed by atoms with Crippen LogP contribution in [0.25, 0.3) is 0 Å². The average Bonchev–Trinajstić information content (AvgIpc) is 2.84. The molecular weight excluding hydrogens is 194 g/mol. The molecule has 0 bridgehead atoms. The van der Waals surface area contributed by atoms with Crippen LogP contribution in [0.15, 0.2) is 0 Å². The van der Waals surface area contributed by atoms with Gasteiger partial charge in [0.2, 0.25) is 11.8 Å². The van der Waals surface area contributed by atoms with Gasteiger partial charge in [-0.05, 0) is 12.8 Å². The Morgan fingerprint density at radius 3 is 2.67 bits per heavy atom. The standard InChI is InChI=1S/C10H17N3O2/c11-12-10(15)7-5-9(14)13(6-7)8-3-1-2-4-8/h7-8H,1-6,11H2,(H,12,15)/t7-/m1/s1. The van der Waals surface area contributed by atoms with Gasteiger partial charge in [0, 0.05) is 19.0 Å². The van der Waals surface area contributed by atoms with Crippen LogP contribution in [0.1, 0.15) is 32.1 Å². The number of amides is 2. The Bertz CT molecular complexity index is 274. The quantitative estimate of drug-likeness (QED) is 0.376. The third-order valence-electron chi connectivity index (χ3n) is 3.44. The van der Waals surface area contributed by atoms with E-state index in [0.717, 1.165) is 12.8 Å². The van der Waals surface area contributed by atoms with E-state index in [4.69, 9.17) is 5.84 Å². The highest BCUT2D eigenvalue weighted by atomic mass is 16.2. The van der Waals surface area contributed by atoms with Crippen LogP contribution >= 0.6 is 0 Å². The molecule has 2 rings (SSSR count). The Balaban J connectivity index is 1.97. The number of likely N-dealkylation sites (tertiary alicyclic amines) is 1. The zero-order valence-electron chi connectivity index (χ0n) is 8.74. The van der Waals surface area contributed by atoms with Gasteiger partial charge in [-0.15, -0.1) is 0 Å². The maximum atomic E-state index is 11.7. The van der Waals surface area contributed by atoms with Gasteiger partial charge in [-0.1, -0.05) is 12.8 Å². The summed E-state index contributed by atoms with van der Waals surface area (Å²) in [4.78, 5) is 24.9. The second-order valence-electron chi connectivity index (χ2n) is 4.39. The van der Waals surface area contributed by atoms with Gasteiger partial charge in [0.1, 0.15) is 0 Å². The molecule has 0 aromatic carbocycles. The number of nitrogens with zero attached hydrogens (tertiary/aromatic N) is 1. The monoisotopic (exact) mass is 211 g/mol. The van der Waals surface area contributed by atoms with Crippen molar-refractivity contribution >= 4 is 11.8 Å². The molecule has 84 valence electrons. The SMILES string of the molecule is NNC(=O)[C@@H]1CC(=O)N(C2CCCC2)C1. The number of nitrogens with one attached hydrogen (secondary N) is 1. The Kier molecular flexibility index (Phi) is 2.90. The molecule has 15 heavy (non-hydrogen) atoms. The smallest absolute Gasteiger partial charge is 0.239 e. The summed E-state index contributed by atoms with van der Waals surface area (Å²) < 4.78 is 0. The van der Waals surface area contributed by atoms with Gasteiger partial charge in [0.05, 0.1) is 5.92 Å². The molecule has 2 aliphatic rings. The van der Waals surface area contributed by atoms with Gasteiger partial charge >= 0.3 is 0 Å². The van der Waals surface area contributed by atoms with Crippen LogP contribution in [0.4, 0.5) is 0 Å².